The number of imidazole rings is 1. The van der Waals surface area contributed by atoms with Gasteiger partial charge in [0.1, 0.15) is 18.4 Å². The highest BCUT2D eigenvalue weighted by Gasteiger charge is 1.98. The highest BCUT2D eigenvalue weighted by Crippen LogP contribution is 1.96. The molecule has 4 nitrogen and oxygen atoms in total. The van der Waals surface area contributed by atoms with Crippen LogP contribution in [-0.4, -0.2) is 21.7 Å². The first-order chi connectivity index (χ1) is 5.38. The van der Waals surface area contributed by atoms with Crippen molar-refractivity contribution in [2.24, 2.45) is 0 Å². The molecule has 0 saturated carbocycles. The van der Waals surface area contributed by atoms with Gasteiger partial charge in [0, 0.05) is 0 Å². The van der Waals surface area contributed by atoms with Crippen LogP contribution in [0.2, 0.25) is 0 Å². The average Bonchev–Trinajstić information content (AvgIpc) is 2.47. The van der Waals surface area contributed by atoms with Crippen molar-refractivity contribution in [2.45, 2.75) is 0 Å². The predicted octanol–water partition coefficient (Wildman–Crippen LogP) is -0.375. The van der Waals surface area contributed by atoms with E-state index < -0.39 is 0 Å². The lowest BCUT2D eigenvalue weighted by molar-refractivity contribution is 0.350. The molecule has 1 aromatic heterocycles. The van der Waals surface area contributed by atoms with Gasteiger partial charge in [0.15, 0.2) is 5.69 Å². The Morgan fingerprint density at radius 1 is 1.73 bits per heavy atom. The molecule has 11 heavy (non-hydrogen) atoms. The van der Waals surface area contributed by atoms with Crippen LogP contribution in [0.15, 0.2) is 6.33 Å². The number of hydrogen-bond acceptors (Lipinski definition) is 3. The SMILES string of the molecule is N#Cc1nc[nH]c1C#CCO. The fourth-order valence-electron chi connectivity index (χ4n) is 0.602. The van der Waals surface area contributed by atoms with Gasteiger partial charge < -0.3 is 10.1 Å². The molecule has 0 spiro atoms. The normalized spacial score (nSPS) is 8.00. The molecule has 0 bridgehead atoms. The van der Waals surface area contributed by atoms with E-state index in [9.17, 15) is 0 Å². The standard InChI is InChI=1S/C7H5N3O/c8-4-7-6(2-1-3-11)9-5-10-7/h5,11H,3H2,(H,9,10). The number of nitrogens with one attached hydrogen (secondary N) is 1. The van der Waals surface area contributed by atoms with E-state index in [1.165, 1.54) is 6.33 Å². The minimum atomic E-state index is -0.218. The van der Waals surface area contributed by atoms with Crippen LogP contribution < -0.4 is 0 Å². The molecule has 0 amide bonds. The molecular formula is C7H5N3O. The molecule has 0 saturated heterocycles. The van der Waals surface area contributed by atoms with E-state index in [1.807, 2.05) is 6.07 Å². The summed E-state index contributed by atoms with van der Waals surface area (Å²) >= 11 is 0. The van der Waals surface area contributed by atoms with Crippen molar-refractivity contribution >= 4 is 0 Å². The van der Waals surface area contributed by atoms with Crippen LogP contribution in [0.5, 0.6) is 0 Å². The van der Waals surface area contributed by atoms with E-state index in [2.05, 4.69) is 21.8 Å². The average molecular weight is 147 g/mol. The van der Waals surface area contributed by atoms with Gasteiger partial charge in [0.2, 0.25) is 0 Å². The molecule has 0 aliphatic carbocycles. The molecule has 0 atom stereocenters. The van der Waals surface area contributed by atoms with Crippen LogP contribution in [0.3, 0.4) is 0 Å². The number of aliphatic hydroxyl groups is 1. The number of aromatic amines is 1. The van der Waals surface area contributed by atoms with Crippen molar-refractivity contribution in [3.05, 3.63) is 17.7 Å². The van der Waals surface area contributed by atoms with Crippen molar-refractivity contribution in [2.75, 3.05) is 6.61 Å². The van der Waals surface area contributed by atoms with E-state index in [4.69, 9.17) is 10.4 Å². The fraction of sp³-hybridized carbons (Fsp3) is 0.143. The van der Waals surface area contributed by atoms with Crippen molar-refractivity contribution in [1.82, 2.24) is 9.97 Å². The third-order valence-electron chi connectivity index (χ3n) is 1.04. The van der Waals surface area contributed by atoms with Gasteiger partial charge >= 0.3 is 0 Å². The maximum absolute atomic E-state index is 8.44. The molecule has 1 rings (SSSR count). The van der Waals surface area contributed by atoms with Crippen molar-refractivity contribution in [3.63, 3.8) is 0 Å². The van der Waals surface area contributed by atoms with E-state index >= 15 is 0 Å². The minimum Gasteiger partial charge on any atom is -0.384 e. The highest BCUT2D eigenvalue weighted by atomic mass is 16.2. The Hall–Kier alpha value is -1.78. The van der Waals surface area contributed by atoms with Crippen LogP contribution in [0.25, 0.3) is 0 Å². The molecule has 2 N–H and O–H groups in total. The van der Waals surface area contributed by atoms with Gasteiger partial charge in [-0.15, -0.1) is 0 Å². The number of aliphatic hydroxyl groups excluding tert-OH is 1. The Balaban J connectivity index is 2.96. The van der Waals surface area contributed by atoms with Crippen molar-refractivity contribution in [1.29, 1.82) is 5.26 Å². The second-order valence-corrected chi connectivity index (χ2v) is 1.70. The van der Waals surface area contributed by atoms with Gasteiger partial charge in [-0.3, -0.25) is 0 Å². The van der Waals surface area contributed by atoms with Gasteiger partial charge in [-0.05, 0) is 5.92 Å². The number of hydrogen-bond donors (Lipinski definition) is 2. The minimum absolute atomic E-state index is 0.218. The monoisotopic (exact) mass is 147 g/mol. The second kappa shape index (κ2) is 3.40. The Kier molecular flexibility index (Phi) is 2.27. The zero-order chi connectivity index (χ0) is 8.10. The van der Waals surface area contributed by atoms with E-state index in [-0.39, 0.29) is 12.3 Å². The summed E-state index contributed by atoms with van der Waals surface area (Å²) in [5.41, 5.74) is 0.701. The van der Waals surface area contributed by atoms with E-state index in [1.54, 1.807) is 0 Å². The van der Waals surface area contributed by atoms with Crippen LogP contribution in [-0.2, 0) is 0 Å². The maximum atomic E-state index is 8.44. The molecule has 0 aliphatic rings. The maximum Gasteiger partial charge on any atom is 0.174 e. The molecule has 1 heterocycles. The summed E-state index contributed by atoms with van der Waals surface area (Å²) in [5, 5.41) is 16.8. The molecule has 0 fully saturated rings. The first-order valence-corrected chi connectivity index (χ1v) is 2.91. The third kappa shape index (κ3) is 1.57. The molecular weight excluding hydrogens is 142 g/mol. The topological polar surface area (TPSA) is 72.7 Å². The summed E-state index contributed by atoms with van der Waals surface area (Å²) in [7, 11) is 0. The molecule has 54 valence electrons. The van der Waals surface area contributed by atoms with Crippen molar-refractivity contribution in [3.8, 4) is 17.9 Å². The summed E-state index contributed by atoms with van der Waals surface area (Å²) in [4.78, 5) is 6.36. The van der Waals surface area contributed by atoms with Crippen LogP contribution in [0.1, 0.15) is 11.4 Å². The first-order valence-electron chi connectivity index (χ1n) is 2.91. The van der Waals surface area contributed by atoms with Gasteiger partial charge in [-0.1, -0.05) is 5.92 Å². The van der Waals surface area contributed by atoms with E-state index in [0.717, 1.165) is 0 Å². The fourth-order valence-corrected chi connectivity index (χ4v) is 0.602. The number of aromatic nitrogens is 2. The van der Waals surface area contributed by atoms with Crippen LogP contribution in [0, 0.1) is 23.2 Å². The number of nitrogens with zero attached hydrogens (tertiary/aromatic N) is 2. The summed E-state index contributed by atoms with van der Waals surface area (Å²) in [6, 6.07) is 1.86. The van der Waals surface area contributed by atoms with Crippen LogP contribution in [0.4, 0.5) is 0 Å². The zero-order valence-electron chi connectivity index (χ0n) is 5.63. The Labute approximate surface area is 63.5 Å². The molecule has 0 aliphatic heterocycles. The second-order valence-electron chi connectivity index (χ2n) is 1.70. The molecule has 0 unspecified atom stereocenters. The largest absolute Gasteiger partial charge is 0.384 e. The van der Waals surface area contributed by atoms with Crippen LogP contribution >= 0.6 is 0 Å². The number of nitriles is 1. The van der Waals surface area contributed by atoms with Gasteiger partial charge in [0.25, 0.3) is 0 Å². The first kappa shape index (κ1) is 7.33. The smallest absolute Gasteiger partial charge is 0.174 e. The Bertz CT molecular complexity index is 337. The summed E-state index contributed by atoms with van der Waals surface area (Å²) < 4.78 is 0. The third-order valence-corrected chi connectivity index (χ3v) is 1.04. The summed E-state index contributed by atoms with van der Waals surface area (Å²) in [5.74, 6) is 4.96. The molecule has 1 aromatic rings. The number of H-pyrrole nitrogens is 1. The molecule has 0 aromatic carbocycles. The Morgan fingerprint density at radius 3 is 3.18 bits per heavy atom. The number of rotatable bonds is 0. The quantitative estimate of drug-likeness (QED) is 0.491. The summed E-state index contributed by atoms with van der Waals surface area (Å²) in [6.45, 7) is -0.218. The molecule has 4 heteroatoms. The Morgan fingerprint density at radius 2 is 2.55 bits per heavy atom. The molecule has 0 radical (unpaired) electrons. The lowest BCUT2D eigenvalue weighted by Crippen LogP contribution is -1.81. The summed E-state index contributed by atoms with van der Waals surface area (Å²) in [6.07, 6.45) is 1.39. The lowest BCUT2D eigenvalue weighted by Gasteiger charge is -1.78. The van der Waals surface area contributed by atoms with Gasteiger partial charge in [-0.2, -0.15) is 5.26 Å². The zero-order valence-corrected chi connectivity index (χ0v) is 5.63. The van der Waals surface area contributed by atoms with E-state index in [0.29, 0.717) is 5.69 Å². The highest BCUT2D eigenvalue weighted by molar-refractivity contribution is 5.38. The van der Waals surface area contributed by atoms with Crippen molar-refractivity contribution < 1.29 is 5.11 Å². The van der Waals surface area contributed by atoms with Gasteiger partial charge in [-0.25, -0.2) is 4.98 Å². The lowest BCUT2D eigenvalue weighted by atomic mass is 10.3. The van der Waals surface area contributed by atoms with Gasteiger partial charge in [0.05, 0.1) is 6.33 Å². The predicted molar refractivity (Wildman–Crippen MR) is 37.3 cm³/mol.